The quantitative estimate of drug-likeness (QED) is 0.121. The smallest absolute Gasteiger partial charge is 0.305 e. The van der Waals surface area contributed by atoms with Crippen molar-refractivity contribution in [2.75, 3.05) is 45.7 Å². The minimum Gasteiger partial charge on any atom is -0.481 e. The SMILES string of the molecule is COC(=O)CC1CCN(Cc2ccc(-c3cccc(-c4cccc(Nc5nc(C(F)F)nc6cc(CN7CC[C@@H](O)C7)cnc56)c4C)c3Cl)nc2OC)CC1. The van der Waals surface area contributed by atoms with Crippen molar-refractivity contribution in [3.05, 3.63) is 88.3 Å². The van der Waals surface area contributed by atoms with Gasteiger partial charge < -0.3 is 19.9 Å². The summed E-state index contributed by atoms with van der Waals surface area (Å²) in [4.78, 5) is 34.0. The lowest BCUT2D eigenvalue weighted by atomic mass is 9.93. The van der Waals surface area contributed by atoms with E-state index in [-0.39, 0.29) is 17.9 Å². The number of esters is 1. The molecule has 2 N–H and O–H groups in total. The second kappa shape index (κ2) is 16.9. The van der Waals surface area contributed by atoms with Crippen LogP contribution in [0.3, 0.4) is 0 Å². The minimum atomic E-state index is -2.88. The summed E-state index contributed by atoms with van der Waals surface area (Å²) >= 11 is 7.16. The molecule has 0 spiro atoms. The van der Waals surface area contributed by atoms with Gasteiger partial charge in [-0.15, -0.1) is 0 Å². The second-order valence-electron chi connectivity index (χ2n) is 14.3. The van der Waals surface area contributed by atoms with Crippen LogP contribution >= 0.6 is 11.6 Å². The third-order valence-electron chi connectivity index (χ3n) is 10.5. The van der Waals surface area contributed by atoms with E-state index in [4.69, 9.17) is 26.1 Å². The van der Waals surface area contributed by atoms with E-state index in [1.165, 1.54) is 7.11 Å². The molecule has 0 bridgehead atoms. The maximum absolute atomic E-state index is 14.1. The number of rotatable bonds is 12. The first-order valence-electron chi connectivity index (χ1n) is 18.4. The van der Waals surface area contributed by atoms with Gasteiger partial charge in [0.2, 0.25) is 5.88 Å². The maximum Gasteiger partial charge on any atom is 0.305 e. The number of β-amino-alcohol motifs (C(OH)–C–C–N with tert-alkyl or cyclic N) is 1. The van der Waals surface area contributed by atoms with Crippen LogP contribution in [-0.2, 0) is 22.6 Å². The summed E-state index contributed by atoms with van der Waals surface area (Å²) < 4.78 is 38.7. The Balaban J connectivity index is 1.13. The molecule has 0 aliphatic carbocycles. The van der Waals surface area contributed by atoms with E-state index in [1.807, 2.05) is 55.5 Å². The largest absolute Gasteiger partial charge is 0.481 e. The summed E-state index contributed by atoms with van der Waals surface area (Å²) in [5, 5.41) is 13.7. The molecular weight excluding hydrogens is 728 g/mol. The topological polar surface area (TPSA) is 126 Å². The molecule has 3 aromatic heterocycles. The Morgan fingerprint density at radius 2 is 1.71 bits per heavy atom. The number of nitrogens with one attached hydrogen (secondary N) is 1. The monoisotopic (exact) mass is 771 g/mol. The predicted octanol–water partition coefficient (Wildman–Crippen LogP) is 7.75. The fourth-order valence-corrected chi connectivity index (χ4v) is 7.84. The van der Waals surface area contributed by atoms with Gasteiger partial charge in [-0.3, -0.25) is 19.6 Å². The number of methoxy groups -OCH3 is 2. The van der Waals surface area contributed by atoms with Crippen molar-refractivity contribution in [2.45, 2.75) is 58.2 Å². The van der Waals surface area contributed by atoms with Crippen molar-refractivity contribution in [3.8, 4) is 28.3 Å². The number of piperidine rings is 1. The molecule has 0 saturated carbocycles. The highest BCUT2D eigenvalue weighted by Crippen LogP contribution is 2.40. The van der Waals surface area contributed by atoms with E-state index in [9.17, 15) is 18.7 Å². The third-order valence-corrected chi connectivity index (χ3v) is 10.9. The van der Waals surface area contributed by atoms with Gasteiger partial charge in [0.15, 0.2) is 11.6 Å². The van der Waals surface area contributed by atoms with Crippen LogP contribution in [0.25, 0.3) is 33.4 Å². The first-order valence-corrected chi connectivity index (χ1v) is 18.8. The van der Waals surface area contributed by atoms with Crippen LogP contribution in [0.2, 0.25) is 5.02 Å². The number of hydrogen-bond donors (Lipinski definition) is 2. The number of ether oxygens (including phenoxy) is 2. The van der Waals surface area contributed by atoms with Crippen molar-refractivity contribution in [2.24, 2.45) is 5.92 Å². The molecule has 0 amide bonds. The normalized spacial score (nSPS) is 16.9. The van der Waals surface area contributed by atoms with E-state index >= 15 is 0 Å². The molecule has 2 aliphatic rings. The van der Waals surface area contributed by atoms with Crippen molar-refractivity contribution in [3.63, 3.8) is 0 Å². The average molecular weight is 772 g/mol. The average Bonchev–Trinajstić information content (AvgIpc) is 3.60. The lowest BCUT2D eigenvalue weighted by molar-refractivity contribution is -0.142. The number of alkyl halides is 2. The van der Waals surface area contributed by atoms with Gasteiger partial charge in [0.1, 0.15) is 5.52 Å². The number of carbonyl (C=O) groups excluding carboxylic acids is 1. The van der Waals surface area contributed by atoms with Crippen molar-refractivity contribution < 1.29 is 28.2 Å². The fourth-order valence-electron chi connectivity index (χ4n) is 7.52. The number of carbonyl (C=O) groups is 1. The molecule has 0 unspecified atom stereocenters. The van der Waals surface area contributed by atoms with Gasteiger partial charge in [-0.1, -0.05) is 48.0 Å². The summed E-state index contributed by atoms with van der Waals surface area (Å²) in [5.74, 6) is 0.273. The van der Waals surface area contributed by atoms with Gasteiger partial charge in [-0.05, 0) is 80.1 Å². The molecule has 55 heavy (non-hydrogen) atoms. The van der Waals surface area contributed by atoms with Gasteiger partial charge in [-0.2, -0.15) is 0 Å². The lowest BCUT2D eigenvalue weighted by Crippen LogP contribution is -2.34. The van der Waals surface area contributed by atoms with Crippen LogP contribution in [0.4, 0.5) is 20.3 Å². The number of pyridine rings is 2. The molecule has 2 fully saturated rings. The Labute approximate surface area is 323 Å². The first-order chi connectivity index (χ1) is 26.6. The third kappa shape index (κ3) is 8.70. The number of hydrogen-bond acceptors (Lipinski definition) is 11. The molecule has 2 aromatic carbocycles. The molecular formula is C41H44ClF2N7O4. The van der Waals surface area contributed by atoms with Crippen LogP contribution in [0.5, 0.6) is 5.88 Å². The standard InChI is InChI=1S/C41H44ClF2N7O4/c1-24-29(6-5-9-32(24)46-39-37-34(47-40(49-39)38(43)44)18-26(20-45-37)21-51-17-14-28(52)23-51)30-7-4-8-31(36(30)42)33-11-10-27(41(48-33)55-3)22-50-15-12-25(13-16-50)19-35(53)54-2/h4-11,18,20,25,28,38,52H,12-17,19,21-23H2,1-3H3,(H,46,47,49)/t28-/m1/s1. The number of benzene rings is 2. The molecule has 1 atom stereocenters. The zero-order chi connectivity index (χ0) is 38.6. The number of aliphatic hydroxyl groups is 1. The van der Waals surface area contributed by atoms with Crippen molar-refractivity contribution in [1.29, 1.82) is 0 Å². The van der Waals surface area contributed by atoms with E-state index in [0.717, 1.165) is 65.9 Å². The Bertz CT molecular complexity index is 2180. The van der Waals surface area contributed by atoms with E-state index < -0.39 is 12.2 Å². The van der Waals surface area contributed by atoms with Gasteiger partial charge in [0, 0.05) is 61.2 Å². The number of aromatic nitrogens is 4. The van der Waals surface area contributed by atoms with Gasteiger partial charge >= 0.3 is 5.97 Å². The zero-order valence-corrected chi connectivity index (χ0v) is 31.8. The molecule has 2 saturated heterocycles. The number of aliphatic hydroxyl groups excluding tert-OH is 1. The van der Waals surface area contributed by atoms with E-state index in [1.54, 1.807) is 19.4 Å². The van der Waals surface area contributed by atoms with Crippen LogP contribution in [0.1, 0.15) is 54.6 Å². The number of anilines is 2. The van der Waals surface area contributed by atoms with Gasteiger partial charge in [-0.25, -0.2) is 23.7 Å². The van der Waals surface area contributed by atoms with Gasteiger partial charge in [0.05, 0.1) is 36.6 Å². The minimum absolute atomic E-state index is 0.160. The Kier molecular flexibility index (Phi) is 11.8. The number of halogens is 3. The summed E-state index contributed by atoms with van der Waals surface area (Å²) in [7, 11) is 3.04. The van der Waals surface area contributed by atoms with Crippen molar-refractivity contribution >= 4 is 40.1 Å². The molecule has 11 nitrogen and oxygen atoms in total. The Morgan fingerprint density at radius 3 is 2.44 bits per heavy atom. The van der Waals surface area contributed by atoms with E-state index in [0.29, 0.717) is 71.7 Å². The molecule has 5 heterocycles. The molecule has 0 radical (unpaired) electrons. The molecule has 288 valence electrons. The highest BCUT2D eigenvalue weighted by molar-refractivity contribution is 6.36. The summed E-state index contributed by atoms with van der Waals surface area (Å²) in [5.41, 5.74) is 6.93. The summed E-state index contributed by atoms with van der Waals surface area (Å²) in [6.07, 6.45) is 1.46. The summed E-state index contributed by atoms with van der Waals surface area (Å²) in [6.45, 7) is 6.19. The van der Waals surface area contributed by atoms with Crippen LogP contribution in [0.15, 0.2) is 60.8 Å². The van der Waals surface area contributed by atoms with Gasteiger partial charge in [0.25, 0.3) is 6.43 Å². The zero-order valence-electron chi connectivity index (χ0n) is 31.1. The lowest BCUT2D eigenvalue weighted by Gasteiger charge is -2.31. The maximum atomic E-state index is 14.1. The number of fused-ring (bicyclic) bond motifs is 1. The molecule has 5 aromatic rings. The van der Waals surface area contributed by atoms with E-state index in [2.05, 4.69) is 30.1 Å². The van der Waals surface area contributed by atoms with Crippen LogP contribution in [-0.4, -0.2) is 87.3 Å². The van der Waals surface area contributed by atoms with Crippen LogP contribution in [0, 0.1) is 12.8 Å². The Hall–Kier alpha value is -4.82. The number of likely N-dealkylation sites (tertiary alicyclic amines) is 2. The second-order valence-corrected chi connectivity index (χ2v) is 14.6. The highest BCUT2D eigenvalue weighted by Gasteiger charge is 2.25. The van der Waals surface area contributed by atoms with Crippen molar-refractivity contribution in [1.82, 2.24) is 29.7 Å². The van der Waals surface area contributed by atoms with Crippen LogP contribution < -0.4 is 10.1 Å². The molecule has 7 rings (SSSR count). The first kappa shape index (κ1) is 38.5. The molecule has 14 heteroatoms. The summed E-state index contributed by atoms with van der Waals surface area (Å²) in [6, 6.07) is 17.2. The Morgan fingerprint density at radius 1 is 0.964 bits per heavy atom. The highest BCUT2D eigenvalue weighted by atomic mass is 35.5. The number of nitrogens with zero attached hydrogens (tertiary/aromatic N) is 6. The fraction of sp³-hybridized carbons (Fsp3) is 0.390. The molecule has 2 aliphatic heterocycles. The predicted molar refractivity (Wildman–Crippen MR) is 208 cm³/mol.